The molecule has 0 spiro atoms. The third-order valence-electron chi connectivity index (χ3n) is 5.54. The Morgan fingerprint density at radius 1 is 1.03 bits per heavy atom. The molecule has 0 unspecified atom stereocenters. The molecule has 1 aliphatic rings. The van der Waals surface area contributed by atoms with E-state index in [4.69, 9.17) is 0 Å². The molecule has 2 N–H and O–H groups in total. The maximum absolute atomic E-state index is 15.2. The number of benzene rings is 2. The van der Waals surface area contributed by atoms with Gasteiger partial charge in [0, 0.05) is 55.2 Å². The Labute approximate surface area is 178 Å². The molecule has 0 radical (unpaired) electrons. The van der Waals surface area contributed by atoms with Crippen LogP contribution in [0.5, 0.6) is 0 Å². The SMILES string of the molecule is C[C@H]1CN(c2cc(F)c3c(Nc4cc(F)c5nn(C)cc5c4)ncnc3c2)C[C@H](C)N1. The van der Waals surface area contributed by atoms with Gasteiger partial charge < -0.3 is 15.5 Å². The highest BCUT2D eigenvalue weighted by Gasteiger charge is 2.23. The number of halogens is 2. The number of aromatic nitrogens is 4. The van der Waals surface area contributed by atoms with Gasteiger partial charge in [-0.25, -0.2) is 18.7 Å². The second kappa shape index (κ2) is 7.42. The fraction of sp³-hybridized carbons (Fsp3) is 0.318. The Morgan fingerprint density at radius 2 is 1.81 bits per heavy atom. The molecule has 31 heavy (non-hydrogen) atoms. The molecule has 0 aliphatic carbocycles. The average Bonchev–Trinajstić information content (AvgIpc) is 3.08. The van der Waals surface area contributed by atoms with Crippen molar-refractivity contribution in [2.75, 3.05) is 23.3 Å². The molecule has 3 heterocycles. The maximum atomic E-state index is 15.2. The summed E-state index contributed by atoms with van der Waals surface area (Å²) in [5, 5.41) is 11.6. The van der Waals surface area contributed by atoms with Crippen molar-refractivity contribution >= 4 is 39.0 Å². The Morgan fingerprint density at radius 3 is 2.58 bits per heavy atom. The number of nitrogens with zero attached hydrogens (tertiary/aromatic N) is 5. The van der Waals surface area contributed by atoms with Crippen molar-refractivity contribution in [3.8, 4) is 0 Å². The standard InChI is InChI=1S/C22H23F2N7/c1-12-8-31(9-13(2)27-12)16-6-17(23)20-19(7-16)25-11-26-22(20)28-15-4-14-10-30(3)29-21(14)18(24)5-15/h4-7,10-13,27H,8-9H2,1-3H3,(H,25,26,28)/t12-,13-/m0/s1. The lowest BCUT2D eigenvalue weighted by Gasteiger charge is -2.37. The highest BCUT2D eigenvalue weighted by Crippen LogP contribution is 2.31. The van der Waals surface area contributed by atoms with E-state index < -0.39 is 11.6 Å². The summed E-state index contributed by atoms with van der Waals surface area (Å²) in [5.74, 6) is -0.584. The average molecular weight is 423 g/mol. The lowest BCUT2D eigenvalue weighted by Crippen LogP contribution is -2.54. The summed E-state index contributed by atoms with van der Waals surface area (Å²) in [7, 11) is 1.73. The van der Waals surface area contributed by atoms with Gasteiger partial charge in [-0.05, 0) is 38.1 Å². The Kier molecular flexibility index (Phi) is 4.70. The monoisotopic (exact) mass is 423 g/mol. The summed E-state index contributed by atoms with van der Waals surface area (Å²) >= 11 is 0. The predicted molar refractivity (Wildman–Crippen MR) is 118 cm³/mol. The number of piperazine rings is 1. The van der Waals surface area contributed by atoms with Crippen LogP contribution in [0.1, 0.15) is 13.8 Å². The zero-order chi connectivity index (χ0) is 21.7. The summed E-state index contributed by atoms with van der Waals surface area (Å²) in [6, 6.07) is 7.10. The van der Waals surface area contributed by atoms with Crippen LogP contribution in [-0.2, 0) is 7.05 Å². The first kappa shape index (κ1) is 19.6. The lowest BCUT2D eigenvalue weighted by molar-refractivity contribution is 0.407. The molecule has 0 bridgehead atoms. The zero-order valence-corrected chi connectivity index (χ0v) is 17.5. The zero-order valence-electron chi connectivity index (χ0n) is 17.5. The minimum Gasteiger partial charge on any atom is -0.368 e. The molecule has 160 valence electrons. The molecular weight excluding hydrogens is 400 g/mol. The third-order valence-corrected chi connectivity index (χ3v) is 5.54. The van der Waals surface area contributed by atoms with Crippen molar-refractivity contribution < 1.29 is 8.78 Å². The van der Waals surface area contributed by atoms with Crippen LogP contribution in [0.15, 0.2) is 36.8 Å². The quantitative estimate of drug-likeness (QED) is 0.523. The first-order chi connectivity index (χ1) is 14.9. The molecule has 4 aromatic rings. The van der Waals surface area contributed by atoms with Crippen molar-refractivity contribution in [3.05, 3.63) is 48.4 Å². The highest BCUT2D eigenvalue weighted by molar-refractivity contribution is 5.94. The molecule has 7 nitrogen and oxygen atoms in total. The van der Waals surface area contributed by atoms with Gasteiger partial charge >= 0.3 is 0 Å². The Bertz CT molecular complexity index is 1280. The van der Waals surface area contributed by atoms with E-state index in [2.05, 4.69) is 44.4 Å². The summed E-state index contributed by atoms with van der Waals surface area (Å²) < 4.78 is 31.2. The number of rotatable bonds is 3. The van der Waals surface area contributed by atoms with Crippen LogP contribution < -0.4 is 15.5 Å². The second-order valence-electron chi connectivity index (χ2n) is 8.24. The van der Waals surface area contributed by atoms with Crippen molar-refractivity contribution in [2.24, 2.45) is 7.05 Å². The molecule has 0 saturated carbocycles. The largest absolute Gasteiger partial charge is 0.368 e. The molecule has 2 atom stereocenters. The number of hydrogen-bond acceptors (Lipinski definition) is 6. The molecule has 1 saturated heterocycles. The maximum Gasteiger partial charge on any atom is 0.153 e. The van der Waals surface area contributed by atoms with Gasteiger partial charge in [0.1, 0.15) is 23.5 Å². The van der Waals surface area contributed by atoms with E-state index in [1.54, 1.807) is 24.0 Å². The van der Waals surface area contributed by atoms with Gasteiger partial charge in [-0.3, -0.25) is 4.68 Å². The van der Waals surface area contributed by atoms with Gasteiger partial charge in [0.2, 0.25) is 0 Å². The molecule has 2 aromatic heterocycles. The lowest BCUT2D eigenvalue weighted by atomic mass is 10.1. The van der Waals surface area contributed by atoms with Crippen LogP contribution >= 0.6 is 0 Å². The minimum absolute atomic E-state index is 0.272. The van der Waals surface area contributed by atoms with Crippen LogP contribution in [0.2, 0.25) is 0 Å². The van der Waals surface area contributed by atoms with Crippen LogP contribution in [0.25, 0.3) is 21.8 Å². The van der Waals surface area contributed by atoms with E-state index in [0.717, 1.165) is 18.8 Å². The molecule has 1 aliphatic heterocycles. The number of aryl methyl sites for hydroxylation is 1. The van der Waals surface area contributed by atoms with E-state index in [1.807, 2.05) is 6.07 Å². The van der Waals surface area contributed by atoms with Gasteiger partial charge in [0.25, 0.3) is 0 Å². The van der Waals surface area contributed by atoms with Crippen molar-refractivity contribution in [1.29, 1.82) is 0 Å². The molecule has 9 heteroatoms. The van der Waals surface area contributed by atoms with Gasteiger partial charge in [-0.15, -0.1) is 0 Å². The molecule has 5 rings (SSSR count). The van der Waals surface area contributed by atoms with Crippen LogP contribution in [0, 0.1) is 11.6 Å². The Balaban J connectivity index is 1.53. The van der Waals surface area contributed by atoms with Crippen LogP contribution in [-0.4, -0.2) is 44.9 Å². The fourth-order valence-corrected chi connectivity index (χ4v) is 4.36. The van der Waals surface area contributed by atoms with E-state index in [9.17, 15) is 4.39 Å². The van der Waals surface area contributed by atoms with Gasteiger partial charge in [0.15, 0.2) is 5.82 Å². The van der Waals surface area contributed by atoms with Crippen LogP contribution in [0.4, 0.5) is 26.0 Å². The van der Waals surface area contributed by atoms with E-state index in [1.165, 1.54) is 18.5 Å². The fourth-order valence-electron chi connectivity index (χ4n) is 4.36. The molecule has 1 fully saturated rings. The normalized spacial score (nSPS) is 19.3. The highest BCUT2D eigenvalue weighted by atomic mass is 19.1. The van der Waals surface area contributed by atoms with E-state index in [0.29, 0.717) is 34.5 Å². The molecule has 2 aromatic carbocycles. The smallest absolute Gasteiger partial charge is 0.153 e. The molecular formula is C22H23F2N7. The molecule has 0 amide bonds. The van der Waals surface area contributed by atoms with Crippen molar-refractivity contribution in [2.45, 2.75) is 25.9 Å². The predicted octanol–water partition coefficient (Wildman–Crippen LogP) is 3.72. The van der Waals surface area contributed by atoms with Gasteiger partial charge in [-0.1, -0.05) is 0 Å². The third kappa shape index (κ3) is 3.65. The number of hydrogen-bond donors (Lipinski definition) is 2. The number of nitrogens with one attached hydrogen (secondary N) is 2. The van der Waals surface area contributed by atoms with Crippen LogP contribution in [0.3, 0.4) is 0 Å². The van der Waals surface area contributed by atoms with Gasteiger partial charge in [0.05, 0.1) is 10.9 Å². The summed E-state index contributed by atoms with van der Waals surface area (Å²) in [6.07, 6.45) is 3.11. The Hall–Kier alpha value is -3.33. The van der Waals surface area contributed by atoms with Gasteiger partial charge in [-0.2, -0.15) is 5.10 Å². The first-order valence-corrected chi connectivity index (χ1v) is 10.2. The topological polar surface area (TPSA) is 70.9 Å². The first-order valence-electron chi connectivity index (χ1n) is 10.2. The van der Waals surface area contributed by atoms with Crippen molar-refractivity contribution in [3.63, 3.8) is 0 Å². The van der Waals surface area contributed by atoms with E-state index in [-0.39, 0.29) is 10.9 Å². The second-order valence-corrected chi connectivity index (χ2v) is 8.24. The van der Waals surface area contributed by atoms with E-state index >= 15 is 4.39 Å². The summed E-state index contributed by atoms with van der Waals surface area (Å²) in [4.78, 5) is 10.7. The summed E-state index contributed by atoms with van der Waals surface area (Å²) in [6.45, 7) is 5.80. The number of anilines is 3. The summed E-state index contributed by atoms with van der Waals surface area (Å²) in [5.41, 5.74) is 2.04. The minimum atomic E-state index is -0.455. The van der Waals surface area contributed by atoms with Crippen molar-refractivity contribution in [1.82, 2.24) is 25.1 Å². The number of fused-ring (bicyclic) bond motifs is 2.